The first-order valence-electron chi connectivity index (χ1n) is 6.73. The summed E-state index contributed by atoms with van der Waals surface area (Å²) >= 11 is 3.54. The Morgan fingerprint density at radius 1 is 1.28 bits per heavy atom. The summed E-state index contributed by atoms with van der Waals surface area (Å²) in [6.45, 7) is 9.48. The highest BCUT2D eigenvalue weighted by molar-refractivity contribution is 9.10. The lowest BCUT2D eigenvalue weighted by atomic mass is 10.1. The Labute approximate surface area is 119 Å². The Morgan fingerprint density at radius 2 is 1.94 bits per heavy atom. The van der Waals surface area contributed by atoms with Gasteiger partial charge in [-0.2, -0.15) is 0 Å². The summed E-state index contributed by atoms with van der Waals surface area (Å²) in [4.78, 5) is 0. The van der Waals surface area contributed by atoms with Crippen LogP contribution in [0.4, 0.5) is 0 Å². The van der Waals surface area contributed by atoms with Gasteiger partial charge in [0.2, 0.25) is 0 Å². The van der Waals surface area contributed by atoms with Crippen LogP contribution in [0.5, 0.6) is 5.75 Å². The number of halogens is 1. The van der Waals surface area contributed by atoms with E-state index in [1.54, 1.807) is 0 Å². The Kier molecular flexibility index (Phi) is 6.72. The highest BCUT2D eigenvalue weighted by Crippen LogP contribution is 2.26. The van der Waals surface area contributed by atoms with Gasteiger partial charge in [0.15, 0.2) is 0 Å². The number of nitrogens with one attached hydrogen (secondary N) is 1. The van der Waals surface area contributed by atoms with Gasteiger partial charge in [-0.15, -0.1) is 0 Å². The highest BCUT2D eigenvalue weighted by Gasteiger charge is 2.09. The van der Waals surface area contributed by atoms with Crippen molar-refractivity contribution in [2.75, 3.05) is 6.54 Å². The molecular formula is C15H24BrNO. The zero-order valence-corrected chi connectivity index (χ0v) is 13.4. The highest BCUT2D eigenvalue weighted by atomic mass is 79.9. The third kappa shape index (κ3) is 4.99. The lowest BCUT2D eigenvalue weighted by Crippen LogP contribution is -2.36. The molecule has 0 heterocycles. The second-order valence-electron chi connectivity index (χ2n) is 4.78. The quantitative estimate of drug-likeness (QED) is 0.810. The third-order valence-electron chi connectivity index (χ3n) is 3.10. The number of hydrogen-bond acceptors (Lipinski definition) is 2. The molecular weight excluding hydrogens is 290 g/mol. The maximum atomic E-state index is 5.93. The first-order valence-corrected chi connectivity index (χ1v) is 7.52. The predicted octanol–water partition coefficient (Wildman–Crippen LogP) is 4.30. The largest absolute Gasteiger partial charge is 0.488 e. The summed E-state index contributed by atoms with van der Waals surface area (Å²) in [5, 5.41) is 3.53. The van der Waals surface area contributed by atoms with Gasteiger partial charge in [0.05, 0.1) is 4.47 Å². The van der Waals surface area contributed by atoms with Crippen LogP contribution in [0.15, 0.2) is 22.7 Å². The Hall–Kier alpha value is -0.540. The zero-order chi connectivity index (χ0) is 13.5. The minimum atomic E-state index is 0.171. The zero-order valence-electron chi connectivity index (χ0n) is 11.8. The molecule has 0 saturated heterocycles. The molecule has 102 valence electrons. The van der Waals surface area contributed by atoms with Crippen molar-refractivity contribution >= 4 is 15.9 Å². The minimum absolute atomic E-state index is 0.171. The van der Waals surface area contributed by atoms with Gasteiger partial charge in [-0.3, -0.25) is 0 Å². The first-order chi connectivity index (χ1) is 8.56. The summed E-state index contributed by atoms with van der Waals surface area (Å²) in [6.07, 6.45) is 2.50. The van der Waals surface area contributed by atoms with Crippen LogP contribution in [0.1, 0.15) is 39.2 Å². The van der Waals surface area contributed by atoms with Crippen LogP contribution in [0.3, 0.4) is 0 Å². The summed E-state index contributed by atoms with van der Waals surface area (Å²) in [7, 11) is 0. The molecule has 2 nitrogen and oxygen atoms in total. The molecule has 0 aliphatic rings. The number of ether oxygens (including phenoxy) is 1. The van der Waals surface area contributed by atoms with E-state index in [9.17, 15) is 0 Å². The maximum absolute atomic E-state index is 5.93. The molecule has 0 bridgehead atoms. The van der Waals surface area contributed by atoms with Crippen LogP contribution < -0.4 is 10.1 Å². The Balaban J connectivity index is 2.46. The Morgan fingerprint density at radius 3 is 2.50 bits per heavy atom. The van der Waals surface area contributed by atoms with E-state index in [0.717, 1.165) is 29.6 Å². The second-order valence-corrected chi connectivity index (χ2v) is 5.64. The van der Waals surface area contributed by atoms with Gasteiger partial charge in [-0.05, 0) is 60.3 Å². The second kappa shape index (κ2) is 7.80. The average Bonchev–Trinajstić information content (AvgIpc) is 2.34. The predicted molar refractivity (Wildman–Crippen MR) is 81.3 cm³/mol. The monoisotopic (exact) mass is 313 g/mol. The van der Waals surface area contributed by atoms with E-state index in [1.807, 2.05) is 6.07 Å². The van der Waals surface area contributed by atoms with Crippen molar-refractivity contribution in [3.63, 3.8) is 0 Å². The van der Waals surface area contributed by atoms with Crippen molar-refractivity contribution in [1.29, 1.82) is 0 Å². The van der Waals surface area contributed by atoms with Crippen LogP contribution >= 0.6 is 15.9 Å². The van der Waals surface area contributed by atoms with Crippen LogP contribution in [0.2, 0.25) is 0 Å². The molecule has 0 spiro atoms. The van der Waals surface area contributed by atoms with E-state index < -0.39 is 0 Å². The molecule has 0 aliphatic carbocycles. The summed E-state index contributed by atoms with van der Waals surface area (Å²) < 4.78 is 6.96. The molecule has 1 aromatic carbocycles. The molecule has 1 rings (SSSR count). The van der Waals surface area contributed by atoms with Gasteiger partial charge in [-0.1, -0.05) is 19.9 Å². The van der Waals surface area contributed by atoms with Gasteiger partial charge >= 0.3 is 0 Å². The third-order valence-corrected chi connectivity index (χ3v) is 3.71. The van der Waals surface area contributed by atoms with Crippen LogP contribution in [0.25, 0.3) is 0 Å². The fourth-order valence-corrected chi connectivity index (χ4v) is 2.46. The molecule has 1 N–H and O–H groups in total. The Bertz CT molecular complexity index is 364. The summed E-state index contributed by atoms with van der Waals surface area (Å²) in [5.74, 6) is 0.916. The fraction of sp³-hybridized carbons (Fsp3) is 0.600. The summed E-state index contributed by atoms with van der Waals surface area (Å²) in [6, 6.07) is 6.77. The van der Waals surface area contributed by atoms with E-state index >= 15 is 0 Å². The first kappa shape index (κ1) is 15.5. The topological polar surface area (TPSA) is 21.3 Å². The maximum Gasteiger partial charge on any atom is 0.133 e. The number of hydrogen-bond donors (Lipinski definition) is 1. The smallest absolute Gasteiger partial charge is 0.133 e. The van der Waals surface area contributed by atoms with E-state index in [4.69, 9.17) is 4.74 Å². The molecule has 0 radical (unpaired) electrons. The molecule has 0 saturated carbocycles. The average molecular weight is 314 g/mol. The number of rotatable bonds is 7. The molecule has 0 aliphatic heterocycles. The van der Waals surface area contributed by atoms with Crippen molar-refractivity contribution in [3.05, 3.63) is 28.2 Å². The molecule has 1 aromatic rings. The normalized spacial score (nSPS) is 12.8. The van der Waals surface area contributed by atoms with Crippen molar-refractivity contribution in [2.45, 2.75) is 52.7 Å². The minimum Gasteiger partial charge on any atom is -0.488 e. The van der Waals surface area contributed by atoms with E-state index in [2.05, 4.69) is 61.1 Å². The van der Waals surface area contributed by atoms with Gasteiger partial charge in [0.25, 0.3) is 0 Å². The number of aryl methyl sites for hydroxylation is 1. The SMILES string of the molecule is CCC(CC)NCC(C)Oc1ccc(C)cc1Br. The molecule has 1 unspecified atom stereocenters. The standard InChI is InChI=1S/C15H24BrNO/c1-5-13(6-2)17-10-12(4)18-15-8-7-11(3)9-14(15)16/h7-9,12-13,17H,5-6,10H2,1-4H3. The molecule has 0 amide bonds. The van der Waals surface area contributed by atoms with Crippen molar-refractivity contribution in [1.82, 2.24) is 5.32 Å². The van der Waals surface area contributed by atoms with Crippen LogP contribution in [0, 0.1) is 6.92 Å². The van der Waals surface area contributed by atoms with Gasteiger partial charge in [0.1, 0.15) is 11.9 Å². The van der Waals surface area contributed by atoms with Gasteiger partial charge < -0.3 is 10.1 Å². The van der Waals surface area contributed by atoms with Crippen molar-refractivity contribution in [3.8, 4) is 5.75 Å². The molecule has 0 aromatic heterocycles. The van der Waals surface area contributed by atoms with E-state index in [1.165, 1.54) is 5.56 Å². The number of benzene rings is 1. The van der Waals surface area contributed by atoms with E-state index in [-0.39, 0.29) is 6.10 Å². The molecule has 3 heteroatoms. The van der Waals surface area contributed by atoms with E-state index in [0.29, 0.717) is 6.04 Å². The van der Waals surface area contributed by atoms with Crippen LogP contribution in [-0.4, -0.2) is 18.7 Å². The van der Waals surface area contributed by atoms with Crippen molar-refractivity contribution in [2.24, 2.45) is 0 Å². The fourth-order valence-electron chi connectivity index (χ4n) is 1.87. The van der Waals surface area contributed by atoms with Crippen LogP contribution in [-0.2, 0) is 0 Å². The lowest BCUT2D eigenvalue weighted by Gasteiger charge is -2.20. The summed E-state index contributed by atoms with van der Waals surface area (Å²) in [5.41, 5.74) is 1.23. The lowest BCUT2D eigenvalue weighted by molar-refractivity contribution is 0.209. The van der Waals surface area contributed by atoms with Crippen molar-refractivity contribution < 1.29 is 4.74 Å². The molecule has 0 fully saturated rings. The molecule has 1 atom stereocenters. The van der Waals surface area contributed by atoms with Gasteiger partial charge in [-0.25, -0.2) is 0 Å². The van der Waals surface area contributed by atoms with Gasteiger partial charge in [0, 0.05) is 12.6 Å². The molecule has 18 heavy (non-hydrogen) atoms.